The van der Waals surface area contributed by atoms with Crippen molar-refractivity contribution < 1.29 is 13.2 Å². The largest absolute Gasteiger partial charge is 0.368 e. The zero-order chi connectivity index (χ0) is 20.4. The van der Waals surface area contributed by atoms with Crippen LogP contribution in [0.3, 0.4) is 0 Å². The lowest BCUT2D eigenvalue weighted by atomic mass is 9.93. The number of likely N-dealkylation sites (tertiary alicyclic amines) is 1. The van der Waals surface area contributed by atoms with Gasteiger partial charge >= 0.3 is 0 Å². The summed E-state index contributed by atoms with van der Waals surface area (Å²) in [7, 11) is -3.51. The van der Waals surface area contributed by atoms with Crippen molar-refractivity contribution >= 4 is 21.6 Å². The number of hydrogen-bond acceptors (Lipinski definition) is 5. The van der Waals surface area contributed by atoms with Crippen molar-refractivity contribution in [3.63, 3.8) is 0 Å². The molecule has 3 heterocycles. The average molecular weight is 415 g/mol. The highest BCUT2D eigenvalue weighted by molar-refractivity contribution is 7.89. The number of piperidine rings is 1. The van der Waals surface area contributed by atoms with Gasteiger partial charge in [0.15, 0.2) is 0 Å². The number of para-hydroxylation sites is 1. The van der Waals surface area contributed by atoms with Gasteiger partial charge in [-0.2, -0.15) is 4.72 Å². The van der Waals surface area contributed by atoms with E-state index >= 15 is 0 Å². The summed E-state index contributed by atoms with van der Waals surface area (Å²) in [5.74, 6) is 0.273. The van der Waals surface area contributed by atoms with Crippen LogP contribution in [0.15, 0.2) is 47.4 Å². The number of nitrogens with one attached hydrogen (secondary N) is 2. The molecule has 1 aromatic heterocycles. The SMILES string of the molecule is Cc1cccc(CCC(=O)N2CCC([C@H]3Nc4ccccc4S(=O)(=O)N3)CC2)n1. The summed E-state index contributed by atoms with van der Waals surface area (Å²) in [4.78, 5) is 19.2. The molecule has 0 aliphatic carbocycles. The van der Waals surface area contributed by atoms with Gasteiger partial charge in [-0.1, -0.05) is 18.2 Å². The zero-order valence-corrected chi connectivity index (χ0v) is 17.3. The molecule has 1 amide bonds. The first-order chi connectivity index (χ1) is 13.9. The first-order valence-corrected chi connectivity index (χ1v) is 11.5. The van der Waals surface area contributed by atoms with Crippen molar-refractivity contribution in [1.29, 1.82) is 0 Å². The molecule has 2 aliphatic rings. The number of carbonyl (C=O) groups is 1. The lowest BCUT2D eigenvalue weighted by Gasteiger charge is -2.39. The summed E-state index contributed by atoms with van der Waals surface area (Å²) >= 11 is 0. The molecule has 29 heavy (non-hydrogen) atoms. The zero-order valence-electron chi connectivity index (χ0n) is 16.5. The summed E-state index contributed by atoms with van der Waals surface area (Å²) < 4.78 is 27.8. The van der Waals surface area contributed by atoms with Crippen LogP contribution in [0.2, 0.25) is 0 Å². The van der Waals surface area contributed by atoms with Gasteiger partial charge in [-0.05, 0) is 56.4 Å². The summed E-state index contributed by atoms with van der Waals surface area (Å²) in [5.41, 5.74) is 2.54. The van der Waals surface area contributed by atoms with E-state index in [1.54, 1.807) is 18.2 Å². The van der Waals surface area contributed by atoms with E-state index in [1.807, 2.05) is 36.1 Å². The fourth-order valence-corrected chi connectivity index (χ4v) is 5.46. The molecule has 7 nitrogen and oxygen atoms in total. The number of nitrogens with zero attached hydrogens (tertiary/aromatic N) is 2. The molecule has 8 heteroatoms. The molecule has 4 rings (SSSR count). The minimum atomic E-state index is -3.51. The van der Waals surface area contributed by atoms with Crippen LogP contribution in [0, 0.1) is 12.8 Å². The van der Waals surface area contributed by atoms with Gasteiger partial charge in [-0.25, -0.2) is 8.42 Å². The average Bonchev–Trinajstić information content (AvgIpc) is 2.72. The highest BCUT2D eigenvalue weighted by atomic mass is 32.2. The number of carbonyl (C=O) groups excluding carboxylic acids is 1. The summed E-state index contributed by atoms with van der Waals surface area (Å²) in [5, 5.41) is 3.32. The molecule has 1 saturated heterocycles. The Morgan fingerprint density at radius 2 is 1.90 bits per heavy atom. The minimum Gasteiger partial charge on any atom is -0.368 e. The summed E-state index contributed by atoms with van der Waals surface area (Å²) in [6, 6.07) is 12.8. The quantitative estimate of drug-likeness (QED) is 0.801. The van der Waals surface area contributed by atoms with Crippen molar-refractivity contribution in [3.8, 4) is 0 Å². The molecule has 2 N–H and O–H groups in total. The Kier molecular flexibility index (Phi) is 5.56. The van der Waals surface area contributed by atoms with Crippen molar-refractivity contribution in [2.24, 2.45) is 5.92 Å². The van der Waals surface area contributed by atoms with E-state index in [1.165, 1.54) is 0 Å². The highest BCUT2D eigenvalue weighted by Crippen LogP contribution is 2.30. The van der Waals surface area contributed by atoms with Crippen LogP contribution in [-0.4, -0.2) is 43.5 Å². The third kappa shape index (κ3) is 4.43. The standard InChI is InChI=1S/C21H26N4O3S/c1-15-5-4-6-17(22-15)9-10-20(26)25-13-11-16(12-14-25)21-23-18-7-2-3-8-19(18)29(27,28)24-21/h2-8,16,21,23-24H,9-14H2,1H3/t21-/m0/s1. The lowest BCUT2D eigenvalue weighted by Crippen LogP contribution is -2.52. The van der Waals surface area contributed by atoms with Crippen molar-refractivity contribution in [3.05, 3.63) is 53.9 Å². The number of aryl methyl sites for hydroxylation is 2. The second kappa shape index (κ2) is 8.12. The predicted octanol–water partition coefficient (Wildman–Crippen LogP) is 2.29. The Hall–Kier alpha value is -2.45. The Morgan fingerprint density at radius 3 is 2.66 bits per heavy atom. The van der Waals surface area contributed by atoms with Crippen LogP contribution >= 0.6 is 0 Å². The molecular formula is C21H26N4O3S. The van der Waals surface area contributed by atoms with Crippen LogP contribution in [0.1, 0.15) is 30.7 Å². The summed E-state index contributed by atoms with van der Waals surface area (Å²) in [6.07, 6.45) is 2.26. The maximum absolute atomic E-state index is 12.6. The topological polar surface area (TPSA) is 91.4 Å². The summed E-state index contributed by atoms with van der Waals surface area (Å²) in [6.45, 7) is 3.24. The van der Waals surface area contributed by atoms with E-state index in [4.69, 9.17) is 0 Å². The maximum atomic E-state index is 12.6. The monoisotopic (exact) mass is 414 g/mol. The van der Waals surface area contributed by atoms with Crippen LogP contribution in [0.4, 0.5) is 5.69 Å². The van der Waals surface area contributed by atoms with E-state index in [9.17, 15) is 13.2 Å². The van der Waals surface area contributed by atoms with Gasteiger partial charge in [0.1, 0.15) is 4.90 Å². The molecule has 0 spiro atoms. The number of anilines is 1. The first kappa shape index (κ1) is 19.8. The Morgan fingerprint density at radius 1 is 1.14 bits per heavy atom. The number of aromatic nitrogens is 1. The third-order valence-corrected chi connectivity index (χ3v) is 7.17. The second-order valence-electron chi connectivity index (χ2n) is 7.73. The van der Waals surface area contributed by atoms with Gasteiger partial charge in [0.05, 0.1) is 11.9 Å². The van der Waals surface area contributed by atoms with Gasteiger partial charge < -0.3 is 10.2 Å². The maximum Gasteiger partial charge on any atom is 0.244 e. The second-order valence-corrected chi connectivity index (χ2v) is 9.41. The van der Waals surface area contributed by atoms with Crippen molar-refractivity contribution in [2.45, 2.75) is 43.7 Å². The molecule has 1 fully saturated rings. The molecule has 0 radical (unpaired) electrons. The molecule has 2 aliphatic heterocycles. The smallest absolute Gasteiger partial charge is 0.244 e. The molecule has 0 unspecified atom stereocenters. The number of fused-ring (bicyclic) bond motifs is 1. The Balaban J connectivity index is 1.32. The number of sulfonamides is 1. The molecule has 0 bridgehead atoms. The molecule has 154 valence electrons. The van der Waals surface area contributed by atoms with E-state index in [0.29, 0.717) is 31.6 Å². The molecule has 1 atom stereocenters. The van der Waals surface area contributed by atoms with E-state index < -0.39 is 10.0 Å². The predicted molar refractivity (Wildman–Crippen MR) is 111 cm³/mol. The Bertz CT molecular complexity index is 1000. The molecule has 2 aromatic rings. The van der Waals surface area contributed by atoms with Crippen LogP contribution in [-0.2, 0) is 21.2 Å². The van der Waals surface area contributed by atoms with Gasteiger partial charge in [0.2, 0.25) is 15.9 Å². The van der Waals surface area contributed by atoms with Crippen molar-refractivity contribution in [2.75, 3.05) is 18.4 Å². The number of benzene rings is 1. The van der Waals surface area contributed by atoms with Gasteiger partial charge in [0, 0.05) is 30.9 Å². The lowest BCUT2D eigenvalue weighted by molar-refractivity contribution is -0.132. The van der Waals surface area contributed by atoms with Crippen molar-refractivity contribution in [1.82, 2.24) is 14.6 Å². The van der Waals surface area contributed by atoms with E-state index in [0.717, 1.165) is 24.2 Å². The molecule has 1 aromatic carbocycles. The fourth-order valence-electron chi connectivity index (χ4n) is 4.08. The number of rotatable bonds is 4. The molecular weight excluding hydrogens is 388 g/mol. The normalized spacial score (nSPS) is 21.3. The Labute approximate surface area is 171 Å². The molecule has 0 saturated carbocycles. The van der Waals surface area contributed by atoms with Crippen LogP contribution < -0.4 is 10.0 Å². The van der Waals surface area contributed by atoms with E-state index in [2.05, 4.69) is 15.0 Å². The van der Waals surface area contributed by atoms with Gasteiger partial charge in [-0.15, -0.1) is 0 Å². The van der Waals surface area contributed by atoms with E-state index in [-0.39, 0.29) is 22.9 Å². The fraction of sp³-hybridized carbons (Fsp3) is 0.429. The number of pyridine rings is 1. The third-order valence-electron chi connectivity index (χ3n) is 5.67. The first-order valence-electron chi connectivity index (χ1n) is 10.0. The highest BCUT2D eigenvalue weighted by Gasteiger charge is 2.35. The van der Waals surface area contributed by atoms with Crippen LogP contribution in [0.5, 0.6) is 0 Å². The van der Waals surface area contributed by atoms with Gasteiger partial charge in [-0.3, -0.25) is 9.78 Å². The number of amides is 1. The van der Waals surface area contributed by atoms with Crippen LogP contribution in [0.25, 0.3) is 0 Å². The minimum absolute atomic E-state index is 0.134. The van der Waals surface area contributed by atoms with Gasteiger partial charge in [0.25, 0.3) is 0 Å². The number of hydrogen-bond donors (Lipinski definition) is 2.